The van der Waals surface area contributed by atoms with Crippen molar-refractivity contribution in [3.8, 4) is 0 Å². The first-order valence-electron chi connectivity index (χ1n) is 4.59. The first kappa shape index (κ1) is 12.6. The molecule has 7 heteroatoms. The molecule has 0 aliphatic rings. The number of carbonyl (C=O) groups is 1. The molecule has 0 aromatic carbocycles. The average molecular weight is 242 g/mol. The van der Waals surface area contributed by atoms with Gasteiger partial charge in [-0.15, -0.1) is 10.2 Å². The third kappa shape index (κ3) is 2.99. The highest BCUT2D eigenvalue weighted by Gasteiger charge is 2.06. The molecule has 1 aromatic rings. The summed E-state index contributed by atoms with van der Waals surface area (Å²) in [5.74, 6) is 0.668. The first-order valence-corrected chi connectivity index (χ1v) is 5.57. The van der Waals surface area contributed by atoms with E-state index in [-0.39, 0.29) is 5.97 Å². The molecule has 0 amide bonds. The Labute approximate surface area is 97.9 Å². The Morgan fingerprint density at radius 3 is 2.81 bits per heavy atom. The van der Waals surface area contributed by atoms with Gasteiger partial charge < -0.3 is 10.5 Å². The van der Waals surface area contributed by atoms with Crippen LogP contribution in [0.15, 0.2) is 16.8 Å². The molecule has 1 rings (SSSR count). The number of nitrogens with two attached hydrogens (primary N) is 1. The standard InChI is InChI=1S/C9H14N4O2S/c1-6(7(14)15-3)4-5-16-9-12-11-8(10)13(9)2/h4H,5H2,1-3H3,(H2,10,11). The highest BCUT2D eigenvalue weighted by Crippen LogP contribution is 2.16. The van der Waals surface area contributed by atoms with Gasteiger partial charge in [0.25, 0.3) is 0 Å². The van der Waals surface area contributed by atoms with Gasteiger partial charge >= 0.3 is 5.97 Å². The van der Waals surface area contributed by atoms with Crippen LogP contribution < -0.4 is 5.73 Å². The number of nitrogens with zero attached hydrogens (tertiary/aromatic N) is 3. The number of methoxy groups -OCH3 is 1. The molecule has 6 nitrogen and oxygen atoms in total. The summed E-state index contributed by atoms with van der Waals surface area (Å²) in [5, 5.41) is 8.32. The van der Waals surface area contributed by atoms with Crippen LogP contribution in [0, 0.1) is 0 Å². The Morgan fingerprint density at radius 2 is 2.31 bits per heavy atom. The highest BCUT2D eigenvalue weighted by atomic mass is 32.2. The third-order valence-electron chi connectivity index (χ3n) is 1.98. The minimum absolute atomic E-state index is 0.321. The molecule has 0 fully saturated rings. The fourth-order valence-electron chi connectivity index (χ4n) is 0.937. The Hall–Kier alpha value is -1.50. The average Bonchev–Trinajstić information content (AvgIpc) is 2.59. The first-order chi connectivity index (χ1) is 7.56. The summed E-state index contributed by atoms with van der Waals surface area (Å²) < 4.78 is 6.26. The Kier molecular flexibility index (Phi) is 4.36. The molecule has 0 atom stereocenters. The second kappa shape index (κ2) is 5.55. The van der Waals surface area contributed by atoms with E-state index in [9.17, 15) is 4.79 Å². The molecule has 1 aromatic heterocycles. The number of esters is 1. The van der Waals surface area contributed by atoms with Crippen molar-refractivity contribution in [3.63, 3.8) is 0 Å². The lowest BCUT2D eigenvalue weighted by atomic mass is 10.3. The van der Waals surface area contributed by atoms with Crippen LogP contribution in [0.2, 0.25) is 0 Å². The van der Waals surface area contributed by atoms with E-state index in [4.69, 9.17) is 5.73 Å². The summed E-state index contributed by atoms with van der Waals surface area (Å²) in [5.41, 5.74) is 6.10. The van der Waals surface area contributed by atoms with Crippen LogP contribution >= 0.6 is 11.8 Å². The van der Waals surface area contributed by atoms with Gasteiger partial charge in [0.05, 0.1) is 7.11 Å². The predicted molar refractivity (Wildman–Crippen MR) is 61.9 cm³/mol. The monoisotopic (exact) mass is 242 g/mol. The van der Waals surface area contributed by atoms with Gasteiger partial charge in [0.1, 0.15) is 0 Å². The summed E-state index contributed by atoms with van der Waals surface area (Å²) in [4.78, 5) is 11.1. The third-order valence-corrected chi connectivity index (χ3v) is 2.92. The van der Waals surface area contributed by atoms with Crippen molar-refractivity contribution in [2.45, 2.75) is 12.1 Å². The van der Waals surface area contributed by atoms with E-state index in [0.717, 1.165) is 0 Å². The number of carbonyl (C=O) groups excluding carboxylic acids is 1. The maximum Gasteiger partial charge on any atom is 0.333 e. The molecule has 0 bridgehead atoms. The van der Waals surface area contributed by atoms with Crippen molar-refractivity contribution in [1.82, 2.24) is 14.8 Å². The molecule has 2 N–H and O–H groups in total. The Bertz CT molecular complexity index is 414. The van der Waals surface area contributed by atoms with E-state index >= 15 is 0 Å². The molecule has 1 heterocycles. The van der Waals surface area contributed by atoms with Crippen LogP contribution in [0.1, 0.15) is 6.92 Å². The van der Waals surface area contributed by atoms with Gasteiger partial charge in [-0.05, 0) is 6.92 Å². The van der Waals surface area contributed by atoms with Crippen LogP contribution in [0.3, 0.4) is 0 Å². The molecular formula is C9H14N4O2S. The number of hydrogen-bond donors (Lipinski definition) is 1. The highest BCUT2D eigenvalue weighted by molar-refractivity contribution is 7.99. The van der Waals surface area contributed by atoms with Crippen molar-refractivity contribution in [2.75, 3.05) is 18.6 Å². The molecule has 0 aliphatic carbocycles. The van der Waals surface area contributed by atoms with Crippen LogP contribution in [-0.4, -0.2) is 33.6 Å². The number of rotatable bonds is 4. The molecule has 16 heavy (non-hydrogen) atoms. The molecule has 88 valence electrons. The fraction of sp³-hybridized carbons (Fsp3) is 0.444. The Morgan fingerprint density at radius 1 is 1.62 bits per heavy atom. The maximum absolute atomic E-state index is 11.1. The summed E-state index contributed by atoms with van der Waals surface area (Å²) in [6.45, 7) is 1.71. The van der Waals surface area contributed by atoms with E-state index < -0.39 is 0 Å². The zero-order valence-corrected chi connectivity index (χ0v) is 10.2. The second-order valence-corrected chi connectivity index (χ2v) is 4.08. The van der Waals surface area contributed by atoms with Crippen molar-refractivity contribution >= 4 is 23.7 Å². The summed E-state index contributed by atoms with van der Waals surface area (Å²) in [7, 11) is 3.14. The lowest BCUT2D eigenvalue weighted by molar-refractivity contribution is -0.136. The zero-order valence-electron chi connectivity index (χ0n) is 9.43. The fourth-order valence-corrected chi connectivity index (χ4v) is 1.81. The van der Waals surface area contributed by atoms with E-state index in [1.54, 1.807) is 24.6 Å². The number of ether oxygens (including phenoxy) is 1. The van der Waals surface area contributed by atoms with Gasteiger partial charge in [-0.3, -0.25) is 4.57 Å². The molecule has 0 unspecified atom stereocenters. The lowest BCUT2D eigenvalue weighted by Crippen LogP contribution is -2.02. The van der Waals surface area contributed by atoms with E-state index in [1.165, 1.54) is 18.9 Å². The van der Waals surface area contributed by atoms with Crippen LogP contribution in [-0.2, 0) is 16.6 Å². The van der Waals surface area contributed by atoms with E-state index in [1.807, 2.05) is 0 Å². The largest absolute Gasteiger partial charge is 0.466 e. The summed E-state index contributed by atoms with van der Waals surface area (Å²) in [6, 6.07) is 0. The normalized spacial score (nSPS) is 11.6. The van der Waals surface area contributed by atoms with E-state index in [2.05, 4.69) is 14.9 Å². The summed E-state index contributed by atoms with van der Waals surface area (Å²) in [6.07, 6.45) is 1.78. The quantitative estimate of drug-likeness (QED) is 0.473. The number of anilines is 1. The van der Waals surface area contributed by atoms with Gasteiger partial charge in [-0.2, -0.15) is 0 Å². The van der Waals surface area contributed by atoms with Gasteiger partial charge in [0, 0.05) is 18.4 Å². The minimum atomic E-state index is -0.321. The maximum atomic E-state index is 11.1. The van der Waals surface area contributed by atoms with Crippen LogP contribution in [0.4, 0.5) is 5.95 Å². The van der Waals surface area contributed by atoms with Crippen molar-refractivity contribution in [1.29, 1.82) is 0 Å². The smallest absolute Gasteiger partial charge is 0.333 e. The number of thioether (sulfide) groups is 1. The molecule has 0 saturated carbocycles. The number of nitrogen functional groups attached to an aromatic ring is 1. The van der Waals surface area contributed by atoms with Crippen molar-refractivity contribution in [3.05, 3.63) is 11.6 Å². The molecule has 0 aliphatic heterocycles. The summed E-state index contributed by atoms with van der Waals surface area (Å²) >= 11 is 1.45. The lowest BCUT2D eigenvalue weighted by Gasteiger charge is -2.00. The number of hydrogen-bond acceptors (Lipinski definition) is 6. The van der Waals surface area contributed by atoms with Crippen LogP contribution in [0.25, 0.3) is 0 Å². The molecule has 0 saturated heterocycles. The van der Waals surface area contributed by atoms with Crippen molar-refractivity contribution in [2.24, 2.45) is 7.05 Å². The van der Waals surface area contributed by atoms with E-state index in [0.29, 0.717) is 22.4 Å². The predicted octanol–water partition coefficient (Wildman–Crippen LogP) is 0.609. The van der Waals surface area contributed by atoms with Crippen LogP contribution in [0.5, 0.6) is 0 Å². The zero-order chi connectivity index (χ0) is 12.1. The minimum Gasteiger partial charge on any atom is -0.466 e. The van der Waals surface area contributed by atoms with Gasteiger partial charge in [0.15, 0.2) is 5.16 Å². The Balaban J connectivity index is 2.53. The van der Waals surface area contributed by atoms with Gasteiger partial charge in [-0.25, -0.2) is 4.79 Å². The van der Waals surface area contributed by atoms with Crippen molar-refractivity contribution < 1.29 is 9.53 Å². The van der Waals surface area contributed by atoms with Gasteiger partial charge in [0.2, 0.25) is 5.95 Å². The molecular weight excluding hydrogens is 228 g/mol. The molecule has 0 radical (unpaired) electrons. The second-order valence-electron chi connectivity index (χ2n) is 3.09. The SMILES string of the molecule is COC(=O)C(C)=CCSc1nnc(N)n1C. The topological polar surface area (TPSA) is 83.0 Å². The number of aromatic nitrogens is 3. The van der Waals surface area contributed by atoms with Gasteiger partial charge in [-0.1, -0.05) is 17.8 Å². The molecule has 0 spiro atoms.